The van der Waals surface area contributed by atoms with E-state index < -0.39 is 5.97 Å². The van der Waals surface area contributed by atoms with Crippen molar-refractivity contribution in [2.45, 2.75) is 19.8 Å². The SMILES string of the molecule is COC(=O)C(=O)C1(C)CC1. The largest absolute Gasteiger partial charge is 0.463 e. The smallest absolute Gasteiger partial charge is 0.374 e. The number of methoxy groups -OCH3 is 1. The molecule has 0 unspecified atom stereocenters. The number of carbonyl (C=O) groups excluding carboxylic acids is 2. The van der Waals surface area contributed by atoms with Crippen LogP contribution < -0.4 is 0 Å². The molecule has 1 rings (SSSR count). The fourth-order valence-corrected chi connectivity index (χ4v) is 0.754. The van der Waals surface area contributed by atoms with E-state index in [1.54, 1.807) is 6.92 Å². The number of hydrogen-bond donors (Lipinski definition) is 0. The maximum atomic E-state index is 11.0. The Kier molecular flexibility index (Phi) is 1.50. The number of carbonyl (C=O) groups is 2. The standard InChI is InChI=1S/C7H10O3/c1-7(3-4-7)5(8)6(9)10-2/h3-4H2,1-2H3. The Hall–Kier alpha value is -0.860. The molecule has 0 radical (unpaired) electrons. The quantitative estimate of drug-likeness (QED) is 0.417. The van der Waals surface area contributed by atoms with Gasteiger partial charge in [0.25, 0.3) is 0 Å². The summed E-state index contributed by atoms with van der Waals surface area (Å²) in [6.45, 7) is 1.78. The van der Waals surface area contributed by atoms with Gasteiger partial charge in [0.2, 0.25) is 5.78 Å². The summed E-state index contributed by atoms with van der Waals surface area (Å²) >= 11 is 0. The van der Waals surface area contributed by atoms with Crippen molar-refractivity contribution in [3.05, 3.63) is 0 Å². The Morgan fingerprint density at radius 3 is 2.20 bits per heavy atom. The number of esters is 1. The molecule has 0 aliphatic heterocycles. The second-order valence-corrected chi connectivity index (χ2v) is 2.88. The number of ketones is 1. The molecule has 0 amide bonds. The minimum absolute atomic E-state index is 0.380. The summed E-state index contributed by atoms with van der Waals surface area (Å²) in [5.41, 5.74) is -0.382. The van der Waals surface area contributed by atoms with Crippen molar-refractivity contribution in [2.24, 2.45) is 5.41 Å². The fraction of sp³-hybridized carbons (Fsp3) is 0.714. The van der Waals surface area contributed by atoms with Gasteiger partial charge in [-0.1, -0.05) is 6.92 Å². The van der Waals surface area contributed by atoms with Crippen molar-refractivity contribution >= 4 is 11.8 Å². The zero-order chi connectivity index (χ0) is 7.78. The van der Waals surface area contributed by atoms with Crippen LogP contribution in [0.1, 0.15) is 19.8 Å². The second-order valence-electron chi connectivity index (χ2n) is 2.88. The normalized spacial score (nSPS) is 19.8. The third-order valence-electron chi connectivity index (χ3n) is 1.92. The average molecular weight is 142 g/mol. The molecule has 0 heterocycles. The predicted molar refractivity (Wildman–Crippen MR) is 34.4 cm³/mol. The lowest BCUT2D eigenvalue weighted by atomic mass is 10.1. The van der Waals surface area contributed by atoms with Crippen molar-refractivity contribution in [3.8, 4) is 0 Å². The molecule has 0 spiro atoms. The molecule has 0 bridgehead atoms. The molecular weight excluding hydrogens is 132 g/mol. The van der Waals surface area contributed by atoms with Crippen LogP contribution in [0.25, 0.3) is 0 Å². The maximum absolute atomic E-state index is 11.0. The molecule has 10 heavy (non-hydrogen) atoms. The van der Waals surface area contributed by atoms with Gasteiger partial charge in [-0.25, -0.2) is 4.79 Å². The summed E-state index contributed by atoms with van der Waals surface area (Å²) in [6.07, 6.45) is 1.64. The van der Waals surface area contributed by atoms with Crippen LogP contribution in [-0.2, 0) is 14.3 Å². The minimum Gasteiger partial charge on any atom is -0.463 e. The van der Waals surface area contributed by atoms with E-state index >= 15 is 0 Å². The number of ether oxygens (including phenoxy) is 1. The van der Waals surface area contributed by atoms with Crippen molar-refractivity contribution in [1.29, 1.82) is 0 Å². The molecule has 56 valence electrons. The first-order chi connectivity index (χ1) is 4.60. The molecule has 0 aromatic carbocycles. The third kappa shape index (κ3) is 1.03. The number of Topliss-reactive ketones (excluding diaryl/α,β-unsaturated/α-hetero) is 1. The van der Waals surface area contributed by atoms with Crippen molar-refractivity contribution in [2.75, 3.05) is 7.11 Å². The van der Waals surface area contributed by atoms with Crippen molar-refractivity contribution in [1.82, 2.24) is 0 Å². The van der Waals surface area contributed by atoms with Crippen LogP contribution in [-0.4, -0.2) is 18.9 Å². The Labute approximate surface area is 59.4 Å². The van der Waals surface area contributed by atoms with Gasteiger partial charge in [-0.3, -0.25) is 4.79 Å². The van der Waals surface area contributed by atoms with E-state index in [0.29, 0.717) is 0 Å². The summed E-state index contributed by atoms with van der Waals surface area (Å²) in [4.78, 5) is 21.6. The molecule has 1 saturated carbocycles. The van der Waals surface area contributed by atoms with Gasteiger partial charge in [-0.2, -0.15) is 0 Å². The fourth-order valence-electron chi connectivity index (χ4n) is 0.754. The minimum atomic E-state index is -0.708. The molecule has 1 aliphatic carbocycles. The van der Waals surface area contributed by atoms with E-state index in [1.165, 1.54) is 7.11 Å². The zero-order valence-corrected chi connectivity index (χ0v) is 6.14. The topological polar surface area (TPSA) is 43.4 Å². The third-order valence-corrected chi connectivity index (χ3v) is 1.92. The van der Waals surface area contributed by atoms with Crippen LogP contribution in [0.2, 0.25) is 0 Å². The molecule has 3 nitrogen and oxygen atoms in total. The molecule has 0 saturated heterocycles. The lowest BCUT2D eigenvalue weighted by Crippen LogP contribution is -2.23. The van der Waals surface area contributed by atoms with Gasteiger partial charge < -0.3 is 4.74 Å². The van der Waals surface area contributed by atoms with Crippen LogP contribution in [0, 0.1) is 5.41 Å². The summed E-state index contributed by atoms with van der Waals surface area (Å²) in [6, 6.07) is 0. The number of rotatable bonds is 2. The highest BCUT2D eigenvalue weighted by Crippen LogP contribution is 2.45. The van der Waals surface area contributed by atoms with Crippen LogP contribution in [0.5, 0.6) is 0 Å². The Morgan fingerprint density at radius 1 is 1.40 bits per heavy atom. The first-order valence-corrected chi connectivity index (χ1v) is 3.23. The van der Waals surface area contributed by atoms with Crippen LogP contribution in [0.4, 0.5) is 0 Å². The molecule has 1 fully saturated rings. The summed E-state index contributed by atoms with van der Waals surface area (Å²) in [5.74, 6) is -1.09. The first-order valence-electron chi connectivity index (χ1n) is 3.23. The van der Waals surface area contributed by atoms with Gasteiger partial charge in [0.1, 0.15) is 0 Å². The van der Waals surface area contributed by atoms with E-state index in [-0.39, 0.29) is 11.2 Å². The Morgan fingerprint density at radius 2 is 1.90 bits per heavy atom. The maximum Gasteiger partial charge on any atom is 0.374 e. The first kappa shape index (κ1) is 7.25. The Bertz CT molecular complexity index is 179. The monoisotopic (exact) mass is 142 g/mol. The summed E-state index contributed by atoms with van der Waals surface area (Å²) < 4.78 is 4.29. The molecule has 0 N–H and O–H groups in total. The van der Waals surface area contributed by atoms with Crippen LogP contribution in [0.3, 0.4) is 0 Å². The van der Waals surface area contributed by atoms with Crippen LogP contribution >= 0.6 is 0 Å². The van der Waals surface area contributed by atoms with E-state index in [1.807, 2.05) is 0 Å². The van der Waals surface area contributed by atoms with Gasteiger partial charge >= 0.3 is 5.97 Å². The van der Waals surface area contributed by atoms with Crippen LogP contribution in [0.15, 0.2) is 0 Å². The second kappa shape index (κ2) is 2.08. The van der Waals surface area contributed by atoms with Crippen molar-refractivity contribution < 1.29 is 14.3 Å². The van der Waals surface area contributed by atoms with Gasteiger partial charge in [0.05, 0.1) is 7.11 Å². The number of hydrogen-bond acceptors (Lipinski definition) is 3. The molecule has 0 atom stereocenters. The zero-order valence-electron chi connectivity index (χ0n) is 6.14. The van der Waals surface area contributed by atoms with E-state index in [4.69, 9.17) is 0 Å². The highest BCUT2D eigenvalue weighted by Gasteiger charge is 2.48. The van der Waals surface area contributed by atoms with Gasteiger partial charge in [-0.05, 0) is 12.8 Å². The highest BCUT2D eigenvalue weighted by atomic mass is 16.5. The lowest BCUT2D eigenvalue weighted by Gasteiger charge is -2.02. The van der Waals surface area contributed by atoms with Crippen molar-refractivity contribution in [3.63, 3.8) is 0 Å². The molecule has 3 heteroatoms. The molecule has 0 aromatic heterocycles. The van der Waals surface area contributed by atoms with E-state index in [2.05, 4.69) is 4.74 Å². The van der Waals surface area contributed by atoms with Gasteiger partial charge in [0, 0.05) is 5.41 Å². The summed E-state index contributed by atoms with van der Waals surface area (Å²) in [5, 5.41) is 0. The van der Waals surface area contributed by atoms with Gasteiger partial charge in [0.15, 0.2) is 0 Å². The van der Waals surface area contributed by atoms with E-state index in [9.17, 15) is 9.59 Å². The van der Waals surface area contributed by atoms with E-state index in [0.717, 1.165) is 12.8 Å². The highest BCUT2D eigenvalue weighted by molar-refractivity contribution is 6.36. The molecule has 1 aliphatic rings. The van der Waals surface area contributed by atoms with Gasteiger partial charge in [-0.15, -0.1) is 0 Å². The molecule has 0 aromatic rings. The summed E-state index contributed by atoms with van der Waals surface area (Å²) in [7, 11) is 1.23. The molecular formula is C7H10O3. The Balaban J connectivity index is 2.57. The predicted octanol–water partition coefficient (Wildman–Crippen LogP) is 0.529. The average Bonchev–Trinajstić information content (AvgIpc) is 2.66. The lowest BCUT2D eigenvalue weighted by molar-refractivity contribution is -0.153.